The van der Waals surface area contributed by atoms with Crippen molar-refractivity contribution in [3.63, 3.8) is 0 Å². The molecule has 3 atom stereocenters. The second kappa shape index (κ2) is 5.27. The van der Waals surface area contributed by atoms with Crippen molar-refractivity contribution in [2.45, 2.75) is 58.9 Å². The van der Waals surface area contributed by atoms with Gasteiger partial charge in [0.2, 0.25) is 0 Å². The lowest BCUT2D eigenvalue weighted by Gasteiger charge is -2.29. The molecule has 0 aromatic heterocycles. The molecule has 1 saturated carbocycles. The molecule has 3 unspecified atom stereocenters. The van der Waals surface area contributed by atoms with E-state index in [0.29, 0.717) is 11.5 Å². The average molecular weight is 238 g/mol. The Morgan fingerprint density at radius 3 is 2.59 bits per heavy atom. The van der Waals surface area contributed by atoms with Crippen LogP contribution in [-0.4, -0.2) is 30.6 Å². The number of fused-ring (bicyclic) bond motifs is 1. The number of rotatable bonds is 3. The van der Waals surface area contributed by atoms with Crippen LogP contribution in [0.25, 0.3) is 0 Å². The van der Waals surface area contributed by atoms with Crippen LogP contribution in [0.3, 0.4) is 0 Å². The molecular weight excluding hydrogens is 208 g/mol. The third kappa shape index (κ3) is 3.69. The fourth-order valence-electron chi connectivity index (χ4n) is 3.62. The van der Waals surface area contributed by atoms with E-state index in [0.717, 1.165) is 11.8 Å². The first-order chi connectivity index (χ1) is 7.96. The molecule has 0 bridgehead atoms. The molecule has 1 saturated heterocycles. The number of likely N-dealkylation sites (tertiary alicyclic amines) is 1. The van der Waals surface area contributed by atoms with Gasteiger partial charge in [-0.2, -0.15) is 0 Å². The molecule has 1 aliphatic carbocycles. The van der Waals surface area contributed by atoms with Gasteiger partial charge in [0.15, 0.2) is 0 Å². The molecule has 2 nitrogen and oxygen atoms in total. The van der Waals surface area contributed by atoms with Gasteiger partial charge in [-0.15, -0.1) is 0 Å². The molecule has 2 aliphatic rings. The highest BCUT2D eigenvalue weighted by atomic mass is 15.2. The first-order valence-electron chi connectivity index (χ1n) is 7.44. The van der Waals surface area contributed by atoms with Crippen LogP contribution in [0.4, 0.5) is 0 Å². The highest BCUT2D eigenvalue weighted by Crippen LogP contribution is 2.35. The van der Waals surface area contributed by atoms with Crippen molar-refractivity contribution in [1.29, 1.82) is 0 Å². The summed E-state index contributed by atoms with van der Waals surface area (Å²) in [4.78, 5) is 2.67. The Morgan fingerprint density at radius 1 is 1.18 bits per heavy atom. The lowest BCUT2D eigenvalue weighted by Crippen LogP contribution is -2.38. The minimum atomic E-state index is 0.487. The van der Waals surface area contributed by atoms with Gasteiger partial charge >= 0.3 is 0 Å². The molecule has 100 valence electrons. The molecular formula is C15H30N2. The zero-order chi connectivity index (χ0) is 12.5. The minimum Gasteiger partial charge on any atom is -0.327 e. The number of hydrogen-bond donors (Lipinski definition) is 1. The van der Waals surface area contributed by atoms with Gasteiger partial charge in [-0.1, -0.05) is 27.2 Å². The van der Waals surface area contributed by atoms with Crippen LogP contribution in [0.5, 0.6) is 0 Å². The Bertz CT molecular complexity index is 244. The summed E-state index contributed by atoms with van der Waals surface area (Å²) in [6.07, 6.45) is 6.73. The molecule has 2 N–H and O–H groups in total. The Hall–Kier alpha value is -0.0800. The van der Waals surface area contributed by atoms with Crippen LogP contribution in [0, 0.1) is 17.3 Å². The van der Waals surface area contributed by atoms with E-state index in [9.17, 15) is 0 Å². The van der Waals surface area contributed by atoms with Gasteiger partial charge in [-0.3, -0.25) is 0 Å². The zero-order valence-corrected chi connectivity index (χ0v) is 11.9. The van der Waals surface area contributed by atoms with Crippen molar-refractivity contribution in [3.05, 3.63) is 0 Å². The summed E-state index contributed by atoms with van der Waals surface area (Å²) in [7, 11) is 0. The topological polar surface area (TPSA) is 29.3 Å². The summed E-state index contributed by atoms with van der Waals surface area (Å²) >= 11 is 0. The van der Waals surface area contributed by atoms with Crippen LogP contribution < -0.4 is 5.73 Å². The Labute approximate surface area is 107 Å². The quantitative estimate of drug-likeness (QED) is 0.819. The molecule has 0 amide bonds. The van der Waals surface area contributed by atoms with Gasteiger partial charge in [-0.05, 0) is 49.5 Å². The summed E-state index contributed by atoms with van der Waals surface area (Å²) in [5, 5.41) is 0. The van der Waals surface area contributed by atoms with Gasteiger partial charge < -0.3 is 10.6 Å². The van der Waals surface area contributed by atoms with E-state index in [1.165, 1.54) is 51.7 Å². The van der Waals surface area contributed by atoms with Gasteiger partial charge in [0.25, 0.3) is 0 Å². The number of nitrogens with zero attached hydrogens (tertiary/aromatic N) is 1. The van der Waals surface area contributed by atoms with Gasteiger partial charge in [0.05, 0.1) is 0 Å². The van der Waals surface area contributed by atoms with E-state index >= 15 is 0 Å². The first kappa shape index (κ1) is 13.4. The summed E-state index contributed by atoms with van der Waals surface area (Å²) in [6.45, 7) is 10.9. The minimum absolute atomic E-state index is 0.487. The molecule has 0 aromatic rings. The predicted molar refractivity (Wildman–Crippen MR) is 73.9 cm³/mol. The van der Waals surface area contributed by atoms with Crippen LogP contribution in [-0.2, 0) is 0 Å². The molecule has 1 heterocycles. The van der Waals surface area contributed by atoms with Crippen LogP contribution in [0.1, 0.15) is 52.9 Å². The Morgan fingerprint density at radius 2 is 1.94 bits per heavy atom. The molecule has 2 rings (SSSR count). The summed E-state index contributed by atoms with van der Waals surface area (Å²) < 4.78 is 0. The second-order valence-electron chi connectivity index (χ2n) is 7.44. The van der Waals surface area contributed by atoms with Crippen molar-refractivity contribution in [2.24, 2.45) is 23.0 Å². The molecule has 0 radical (unpaired) electrons. The SMILES string of the molecule is CC(C)(C)CCCN1CC2CCCC(N)C2C1. The van der Waals surface area contributed by atoms with Crippen LogP contribution in [0.15, 0.2) is 0 Å². The van der Waals surface area contributed by atoms with Gasteiger partial charge in [-0.25, -0.2) is 0 Å². The Kier molecular flexibility index (Phi) is 4.14. The largest absolute Gasteiger partial charge is 0.327 e. The van der Waals surface area contributed by atoms with E-state index in [1.807, 2.05) is 0 Å². The Balaban J connectivity index is 1.74. The molecule has 0 aromatic carbocycles. The molecule has 17 heavy (non-hydrogen) atoms. The maximum atomic E-state index is 6.25. The second-order valence-corrected chi connectivity index (χ2v) is 7.44. The van der Waals surface area contributed by atoms with Crippen molar-refractivity contribution in [1.82, 2.24) is 4.90 Å². The van der Waals surface area contributed by atoms with Crippen LogP contribution in [0.2, 0.25) is 0 Å². The zero-order valence-electron chi connectivity index (χ0n) is 11.9. The highest BCUT2D eigenvalue weighted by Gasteiger charge is 2.38. The third-order valence-electron chi connectivity index (χ3n) is 4.63. The normalized spacial score (nSPS) is 34.9. The fourth-order valence-corrected chi connectivity index (χ4v) is 3.62. The van der Waals surface area contributed by atoms with E-state index < -0.39 is 0 Å². The van der Waals surface area contributed by atoms with Crippen molar-refractivity contribution in [2.75, 3.05) is 19.6 Å². The fraction of sp³-hybridized carbons (Fsp3) is 1.00. The van der Waals surface area contributed by atoms with Crippen LogP contribution >= 0.6 is 0 Å². The first-order valence-corrected chi connectivity index (χ1v) is 7.44. The van der Waals surface area contributed by atoms with Crippen molar-refractivity contribution >= 4 is 0 Å². The lowest BCUT2D eigenvalue weighted by atomic mass is 9.78. The van der Waals surface area contributed by atoms with Gasteiger partial charge in [0.1, 0.15) is 0 Å². The van der Waals surface area contributed by atoms with Crippen molar-refractivity contribution < 1.29 is 0 Å². The maximum Gasteiger partial charge on any atom is 0.00825 e. The summed E-state index contributed by atoms with van der Waals surface area (Å²) in [5.41, 5.74) is 6.74. The molecule has 2 heteroatoms. The molecule has 0 spiro atoms. The molecule has 1 aliphatic heterocycles. The highest BCUT2D eigenvalue weighted by molar-refractivity contribution is 4.93. The smallest absolute Gasteiger partial charge is 0.00825 e. The lowest BCUT2D eigenvalue weighted by molar-refractivity contribution is 0.258. The number of hydrogen-bond acceptors (Lipinski definition) is 2. The predicted octanol–water partition coefficient (Wildman–Crippen LogP) is 2.87. The monoisotopic (exact) mass is 238 g/mol. The van der Waals surface area contributed by atoms with E-state index in [2.05, 4.69) is 25.7 Å². The number of nitrogens with two attached hydrogens (primary N) is 1. The van der Waals surface area contributed by atoms with Gasteiger partial charge in [0, 0.05) is 19.1 Å². The van der Waals surface area contributed by atoms with Crippen molar-refractivity contribution in [3.8, 4) is 0 Å². The summed E-state index contributed by atoms with van der Waals surface area (Å²) in [6, 6.07) is 0.487. The van der Waals surface area contributed by atoms with E-state index in [-0.39, 0.29) is 0 Å². The average Bonchev–Trinajstić information content (AvgIpc) is 2.60. The standard InChI is InChI=1S/C15H30N2/c1-15(2,3)8-5-9-17-10-12-6-4-7-14(16)13(12)11-17/h12-14H,4-11,16H2,1-3H3. The molecule has 2 fully saturated rings. The summed E-state index contributed by atoms with van der Waals surface area (Å²) in [5.74, 6) is 1.71. The third-order valence-corrected chi connectivity index (χ3v) is 4.63. The van der Waals surface area contributed by atoms with E-state index in [4.69, 9.17) is 5.73 Å². The van der Waals surface area contributed by atoms with E-state index in [1.54, 1.807) is 0 Å². The maximum absolute atomic E-state index is 6.25.